The van der Waals surface area contributed by atoms with Crippen LogP contribution < -0.4 is 15.2 Å². The number of methoxy groups -OCH3 is 1. The Morgan fingerprint density at radius 2 is 1.43 bits per heavy atom. The van der Waals surface area contributed by atoms with Crippen molar-refractivity contribution in [1.29, 1.82) is 0 Å². The quantitative estimate of drug-likeness (QED) is 0.885. The highest BCUT2D eigenvalue weighted by molar-refractivity contribution is 5.36. The lowest BCUT2D eigenvalue weighted by Gasteiger charge is -2.26. The first-order valence-electron chi connectivity index (χ1n) is 8.16. The fourth-order valence-corrected chi connectivity index (χ4v) is 3.09. The standard InChI is InChI=1S/C19H24N2O2/c1-22-16-8-10-18(11-9-16)23-17-6-4-15(5-7-17)19(14-20)21-12-2-3-13-21/h4-11,19H,2-3,12-14,20H2,1H3. The van der Waals surface area contributed by atoms with E-state index in [-0.39, 0.29) is 0 Å². The van der Waals surface area contributed by atoms with E-state index in [9.17, 15) is 0 Å². The minimum atomic E-state index is 0.313. The van der Waals surface area contributed by atoms with Crippen molar-refractivity contribution >= 4 is 0 Å². The molecule has 2 N–H and O–H groups in total. The van der Waals surface area contributed by atoms with Crippen LogP contribution in [0.2, 0.25) is 0 Å². The Bertz CT molecular complexity index is 604. The van der Waals surface area contributed by atoms with E-state index in [0.717, 1.165) is 30.3 Å². The molecule has 1 saturated heterocycles. The summed E-state index contributed by atoms with van der Waals surface area (Å²) >= 11 is 0. The van der Waals surface area contributed by atoms with Crippen LogP contribution in [0.5, 0.6) is 17.2 Å². The van der Waals surface area contributed by atoms with Gasteiger partial charge in [-0.2, -0.15) is 0 Å². The minimum Gasteiger partial charge on any atom is -0.497 e. The lowest BCUT2D eigenvalue weighted by molar-refractivity contribution is 0.251. The zero-order valence-electron chi connectivity index (χ0n) is 13.6. The third-order valence-electron chi connectivity index (χ3n) is 4.36. The van der Waals surface area contributed by atoms with Crippen molar-refractivity contribution in [3.8, 4) is 17.2 Å². The van der Waals surface area contributed by atoms with Gasteiger partial charge >= 0.3 is 0 Å². The third-order valence-corrected chi connectivity index (χ3v) is 4.36. The van der Waals surface area contributed by atoms with Crippen molar-refractivity contribution in [3.05, 3.63) is 54.1 Å². The largest absolute Gasteiger partial charge is 0.497 e. The summed E-state index contributed by atoms with van der Waals surface area (Å²) in [6.07, 6.45) is 2.55. The second-order valence-corrected chi connectivity index (χ2v) is 5.84. The molecular formula is C19H24N2O2. The van der Waals surface area contributed by atoms with Crippen molar-refractivity contribution in [2.45, 2.75) is 18.9 Å². The predicted molar refractivity (Wildman–Crippen MR) is 92.1 cm³/mol. The van der Waals surface area contributed by atoms with E-state index in [1.165, 1.54) is 18.4 Å². The highest BCUT2D eigenvalue weighted by Crippen LogP contribution is 2.28. The maximum Gasteiger partial charge on any atom is 0.127 e. The number of likely N-dealkylation sites (tertiary alicyclic amines) is 1. The lowest BCUT2D eigenvalue weighted by Crippen LogP contribution is -2.31. The first-order chi connectivity index (χ1) is 11.3. The molecule has 23 heavy (non-hydrogen) atoms. The molecule has 4 heteroatoms. The van der Waals surface area contributed by atoms with Crippen molar-refractivity contribution < 1.29 is 9.47 Å². The number of nitrogens with two attached hydrogens (primary N) is 1. The van der Waals surface area contributed by atoms with Crippen molar-refractivity contribution in [3.63, 3.8) is 0 Å². The Kier molecular flexibility index (Phi) is 5.16. The van der Waals surface area contributed by atoms with Gasteiger partial charge in [-0.15, -0.1) is 0 Å². The molecule has 0 radical (unpaired) electrons. The average molecular weight is 312 g/mol. The van der Waals surface area contributed by atoms with Gasteiger partial charge in [0, 0.05) is 12.6 Å². The monoisotopic (exact) mass is 312 g/mol. The molecule has 1 unspecified atom stereocenters. The maximum absolute atomic E-state index is 5.99. The Hall–Kier alpha value is -2.04. The Morgan fingerprint density at radius 3 is 1.96 bits per heavy atom. The van der Waals surface area contributed by atoms with Gasteiger partial charge in [-0.1, -0.05) is 12.1 Å². The Labute approximate surface area is 137 Å². The summed E-state index contributed by atoms with van der Waals surface area (Å²) in [7, 11) is 1.66. The van der Waals surface area contributed by atoms with Gasteiger partial charge in [0.1, 0.15) is 17.2 Å². The van der Waals surface area contributed by atoms with Crippen molar-refractivity contribution in [1.82, 2.24) is 4.90 Å². The molecule has 0 aromatic heterocycles. The van der Waals surface area contributed by atoms with Gasteiger partial charge in [0.15, 0.2) is 0 Å². The summed E-state index contributed by atoms with van der Waals surface area (Å²) in [5.41, 5.74) is 7.25. The summed E-state index contributed by atoms with van der Waals surface area (Å²) in [6.45, 7) is 2.94. The molecule has 1 fully saturated rings. The van der Waals surface area contributed by atoms with Crippen molar-refractivity contribution in [2.24, 2.45) is 5.73 Å². The fraction of sp³-hybridized carbons (Fsp3) is 0.368. The normalized spacial score (nSPS) is 16.3. The first-order valence-corrected chi connectivity index (χ1v) is 8.16. The predicted octanol–water partition coefficient (Wildman–Crippen LogP) is 3.58. The minimum absolute atomic E-state index is 0.313. The van der Waals surface area contributed by atoms with Gasteiger partial charge in [0.05, 0.1) is 7.11 Å². The smallest absolute Gasteiger partial charge is 0.127 e. The molecule has 0 amide bonds. The van der Waals surface area contributed by atoms with E-state index in [2.05, 4.69) is 17.0 Å². The van der Waals surface area contributed by atoms with E-state index in [1.807, 2.05) is 36.4 Å². The molecule has 122 valence electrons. The van der Waals surface area contributed by atoms with Crippen LogP contribution in [0.3, 0.4) is 0 Å². The zero-order valence-corrected chi connectivity index (χ0v) is 13.6. The molecule has 0 saturated carbocycles. The maximum atomic E-state index is 5.99. The second kappa shape index (κ2) is 7.49. The number of hydrogen-bond donors (Lipinski definition) is 1. The van der Waals surface area contributed by atoms with E-state index in [1.54, 1.807) is 7.11 Å². The molecule has 1 aliphatic heterocycles. The van der Waals surface area contributed by atoms with E-state index < -0.39 is 0 Å². The molecule has 0 bridgehead atoms. The molecule has 4 nitrogen and oxygen atoms in total. The summed E-state index contributed by atoms with van der Waals surface area (Å²) < 4.78 is 11.0. The summed E-state index contributed by atoms with van der Waals surface area (Å²) in [4.78, 5) is 2.47. The second-order valence-electron chi connectivity index (χ2n) is 5.84. The first kappa shape index (κ1) is 15.8. The van der Waals surface area contributed by atoms with Crippen LogP contribution in [0.1, 0.15) is 24.4 Å². The number of nitrogens with zero attached hydrogens (tertiary/aromatic N) is 1. The molecule has 0 spiro atoms. The molecule has 0 aliphatic carbocycles. The molecule has 2 aromatic rings. The summed E-state index contributed by atoms with van der Waals surface area (Å²) in [6, 6.07) is 16.2. The number of ether oxygens (including phenoxy) is 2. The van der Waals surface area contributed by atoms with Gasteiger partial charge in [-0.05, 0) is 67.9 Å². The third kappa shape index (κ3) is 3.84. The lowest BCUT2D eigenvalue weighted by atomic mass is 10.1. The van der Waals surface area contributed by atoms with Gasteiger partial charge in [-0.3, -0.25) is 4.90 Å². The zero-order chi connectivity index (χ0) is 16.1. The van der Waals surface area contributed by atoms with Gasteiger partial charge in [0.25, 0.3) is 0 Å². The van der Waals surface area contributed by atoms with Crippen molar-refractivity contribution in [2.75, 3.05) is 26.7 Å². The van der Waals surface area contributed by atoms with Crippen LogP contribution in [0.4, 0.5) is 0 Å². The number of hydrogen-bond acceptors (Lipinski definition) is 4. The van der Waals surface area contributed by atoms with Crippen LogP contribution in [0.25, 0.3) is 0 Å². The van der Waals surface area contributed by atoms with Crippen LogP contribution in [-0.2, 0) is 0 Å². The molecule has 3 rings (SSSR count). The number of rotatable bonds is 6. The number of benzene rings is 2. The van der Waals surface area contributed by atoms with E-state index in [0.29, 0.717) is 12.6 Å². The molecule has 1 heterocycles. The topological polar surface area (TPSA) is 47.7 Å². The van der Waals surface area contributed by atoms with Gasteiger partial charge in [-0.25, -0.2) is 0 Å². The summed E-state index contributed by atoms with van der Waals surface area (Å²) in [5.74, 6) is 2.45. The van der Waals surface area contributed by atoms with Crippen LogP contribution in [0.15, 0.2) is 48.5 Å². The summed E-state index contributed by atoms with van der Waals surface area (Å²) in [5, 5.41) is 0. The van der Waals surface area contributed by atoms with Crippen LogP contribution in [0, 0.1) is 0 Å². The van der Waals surface area contributed by atoms with E-state index >= 15 is 0 Å². The SMILES string of the molecule is COc1ccc(Oc2ccc(C(CN)N3CCCC3)cc2)cc1. The van der Waals surface area contributed by atoms with Gasteiger partial charge in [0.2, 0.25) is 0 Å². The molecule has 1 atom stereocenters. The Morgan fingerprint density at radius 1 is 0.913 bits per heavy atom. The Balaban J connectivity index is 1.68. The highest BCUT2D eigenvalue weighted by Gasteiger charge is 2.22. The highest BCUT2D eigenvalue weighted by atomic mass is 16.5. The van der Waals surface area contributed by atoms with E-state index in [4.69, 9.17) is 15.2 Å². The average Bonchev–Trinajstić information content (AvgIpc) is 3.12. The molecule has 1 aliphatic rings. The van der Waals surface area contributed by atoms with Crippen LogP contribution >= 0.6 is 0 Å². The molecular weight excluding hydrogens is 288 g/mol. The van der Waals surface area contributed by atoms with Crippen LogP contribution in [-0.4, -0.2) is 31.6 Å². The van der Waals surface area contributed by atoms with Gasteiger partial charge < -0.3 is 15.2 Å². The molecule has 2 aromatic carbocycles. The fourth-order valence-electron chi connectivity index (χ4n) is 3.09.